The van der Waals surface area contributed by atoms with Gasteiger partial charge in [-0.3, -0.25) is 9.59 Å². The molecule has 2 amide bonds. The summed E-state index contributed by atoms with van der Waals surface area (Å²) in [7, 11) is 0. The van der Waals surface area contributed by atoms with Crippen LogP contribution in [0.2, 0.25) is 0 Å². The monoisotopic (exact) mass is 640 g/mol. The molecule has 1 heterocycles. The number of nitrogens with one attached hydrogen (secondary N) is 2. The van der Waals surface area contributed by atoms with Crippen molar-refractivity contribution in [2.45, 2.75) is 57.7 Å². The van der Waals surface area contributed by atoms with Crippen LogP contribution >= 0.6 is 12.4 Å². The van der Waals surface area contributed by atoms with Gasteiger partial charge in [-0.05, 0) is 68.7 Å². The maximum atomic E-state index is 14.8. The summed E-state index contributed by atoms with van der Waals surface area (Å²) >= 11 is 0. The molecule has 2 fully saturated rings. The predicted octanol–water partition coefficient (Wildman–Crippen LogP) is 5.84. The number of oxazole rings is 1. The van der Waals surface area contributed by atoms with Crippen LogP contribution in [0.15, 0.2) is 40.8 Å². The molecule has 2 aromatic carbocycles. The SMILES string of the molecule is C[C@H](N)c1oc(-c2ccc(OC(F)F)c(OCC3CC3)c2)nc1C(=O)N[C@H](CNC(=O)CC1CC1)c1ccc(F)cc1F.Cl. The average molecular weight is 641 g/mol. The molecule has 2 aliphatic rings. The van der Waals surface area contributed by atoms with Crippen LogP contribution in [0.4, 0.5) is 17.6 Å². The predicted molar refractivity (Wildman–Crippen MR) is 154 cm³/mol. The van der Waals surface area contributed by atoms with E-state index in [1.165, 1.54) is 24.3 Å². The molecule has 0 unspecified atom stereocenters. The van der Waals surface area contributed by atoms with Crippen molar-refractivity contribution >= 4 is 24.2 Å². The van der Waals surface area contributed by atoms with Gasteiger partial charge in [-0.25, -0.2) is 13.8 Å². The van der Waals surface area contributed by atoms with Crippen molar-refractivity contribution < 1.29 is 41.0 Å². The van der Waals surface area contributed by atoms with Gasteiger partial charge in [-0.2, -0.15) is 8.78 Å². The number of nitrogens with two attached hydrogens (primary N) is 1. The van der Waals surface area contributed by atoms with Crippen molar-refractivity contribution in [3.63, 3.8) is 0 Å². The summed E-state index contributed by atoms with van der Waals surface area (Å²) in [6.45, 7) is -1.33. The Labute approximate surface area is 257 Å². The summed E-state index contributed by atoms with van der Waals surface area (Å²) in [5, 5.41) is 5.36. The van der Waals surface area contributed by atoms with Crippen molar-refractivity contribution in [1.82, 2.24) is 15.6 Å². The summed E-state index contributed by atoms with van der Waals surface area (Å²) in [4.78, 5) is 30.2. The summed E-state index contributed by atoms with van der Waals surface area (Å²) in [5.74, 6) is -2.21. The number of aromatic nitrogens is 1. The van der Waals surface area contributed by atoms with E-state index >= 15 is 0 Å². The summed E-state index contributed by atoms with van der Waals surface area (Å²) in [6.07, 6.45) is 4.21. The molecule has 5 rings (SSSR count). The number of alkyl halides is 2. The Morgan fingerprint density at radius 3 is 2.43 bits per heavy atom. The fourth-order valence-electron chi connectivity index (χ4n) is 4.49. The molecule has 0 aliphatic heterocycles. The lowest BCUT2D eigenvalue weighted by molar-refractivity contribution is -0.121. The van der Waals surface area contributed by atoms with Gasteiger partial charge in [0.25, 0.3) is 5.91 Å². The number of ether oxygens (including phenoxy) is 2. The zero-order valence-corrected chi connectivity index (χ0v) is 24.6. The molecule has 44 heavy (non-hydrogen) atoms. The number of amides is 2. The third-order valence-electron chi connectivity index (χ3n) is 7.18. The topological polar surface area (TPSA) is 129 Å². The second-order valence-corrected chi connectivity index (χ2v) is 11.0. The highest BCUT2D eigenvalue weighted by molar-refractivity contribution is 5.94. The molecule has 2 atom stereocenters. The van der Waals surface area contributed by atoms with Crippen molar-refractivity contribution in [2.24, 2.45) is 17.6 Å². The van der Waals surface area contributed by atoms with Gasteiger partial charge in [-0.15, -0.1) is 12.4 Å². The quantitative estimate of drug-likeness (QED) is 0.189. The molecule has 2 saturated carbocycles. The molecule has 0 spiro atoms. The smallest absolute Gasteiger partial charge is 0.387 e. The van der Waals surface area contributed by atoms with Crippen molar-refractivity contribution in [1.29, 1.82) is 0 Å². The first kappa shape index (κ1) is 33.1. The molecule has 238 valence electrons. The molecule has 9 nitrogen and oxygen atoms in total. The fraction of sp³-hybridized carbons (Fsp3) is 0.433. The first-order chi connectivity index (χ1) is 20.6. The largest absolute Gasteiger partial charge is 0.489 e. The van der Waals surface area contributed by atoms with E-state index in [2.05, 4.69) is 20.4 Å². The molecular weight excluding hydrogens is 608 g/mol. The van der Waals surface area contributed by atoms with Crippen molar-refractivity contribution in [2.75, 3.05) is 13.2 Å². The second kappa shape index (κ2) is 14.3. The fourth-order valence-corrected chi connectivity index (χ4v) is 4.49. The molecular formula is C30H33ClF4N4O5. The van der Waals surface area contributed by atoms with E-state index in [9.17, 15) is 27.2 Å². The van der Waals surface area contributed by atoms with Crippen LogP contribution in [0.5, 0.6) is 11.5 Å². The summed E-state index contributed by atoms with van der Waals surface area (Å²) in [6, 6.07) is 5.18. The highest BCUT2D eigenvalue weighted by Crippen LogP contribution is 2.37. The molecule has 0 radical (unpaired) electrons. The molecule has 1 aromatic heterocycles. The lowest BCUT2D eigenvalue weighted by Gasteiger charge is -2.20. The average Bonchev–Trinajstić information content (AvgIpc) is 3.89. The summed E-state index contributed by atoms with van der Waals surface area (Å²) in [5.41, 5.74) is 6.14. The number of hydrogen-bond acceptors (Lipinski definition) is 7. The van der Waals surface area contributed by atoms with Gasteiger partial charge in [0.05, 0.1) is 18.7 Å². The number of hydrogen-bond donors (Lipinski definition) is 3. The van der Waals surface area contributed by atoms with Gasteiger partial charge in [0.2, 0.25) is 11.8 Å². The number of carbonyl (C=O) groups is 2. The van der Waals surface area contributed by atoms with Gasteiger partial charge in [0.1, 0.15) is 11.6 Å². The maximum Gasteiger partial charge on any atom is 0.387 e. The second-order valence-electron chi connectivity index (χ2n) is 11.0. The Morgan fingerprint density at radius 1 is 1.07 bits per heavy atom. The third-order valence-corrected chi connectivity index (χ3v) is 7.18. The van der Waals surface area contributed by atoms with Gasteiger partial charge >= 0.3 is 6.61 Å². The Kier molecular flexibility index (Phi) is 10.7. The zero-order valence-electron chi connectivity index (χ0n) is 23.8. The Balaban J connectivity index is 0.00000442. The van der Waals surface area contributed by atoms with Gasteiger partial charge in [-0.1, -0.05) is 6.07 Å². The van der Waals surface area contributed by atoms with Crippen LogP contribution in [-0.2, 0) is 4.79 Å². The van der Waals surface area contributed by atoms with Crippen LogP contribution in [0, 0.1) is 23.5 Å². The van der Waals surface area contributed by atoms with E-state index in [1.54, 1.807) is 6.92 Å². The van der Waals surface area contributed by atoms with Crippen LogP contribution in [0.25, 0.3) is 11.5 Å². The minimum atomic E-state index is -3.06. The Morgan fingerprint density at radius 2 is 1.80 bits per heavy atom. The van der Waals surface area contributed by atoms with E-state index in [0.717, 1.165) is 31.7 Å². The van der Waals surface area contributed by atoms with Crippen LogP contribution in [0.3, 0.4) is 0 Å². The van der Waals surface area contributed by atoms with Gasteiger partial charge in [0, 0.05) is 30.2 Å². The molecule has 2 aliphatic carbocycles. The van der Waals surface area contributed by atoms with Crippen LogP contribution < -0.4 is 25.8 Å². The minimum absolute atomic E-state index is 0. The van der Waals surface area contributed by atoms with E-state index in [-0.39, 0.29) is 59.3 Å². The van der Waals surface area contributed by atoms with E-state index in [0.29, 0.717) is 36.5 Å². The number of halogens is 5. The minimum Gasteiger partial charge on any atom is -0.489 e. The number of rotatable bonds is 14. The normalized spacial score (nSPS) is 15.7. The Hall–Kier alpha value is -3.84. The lowest BCUT2D eigenvalue weighted by Crippen LogP contribution is -2.39. The number of nitrogens with zero attached hydrogens (tertiary/aromatic N) is 1. The van der Waals surface area contributed by atoms with Crippen molar-refractivity contribution in [3.05, 3.63) is 65.1 Å². The highest BCUT2D eigenvalue weighted by Gasteiger charge is 2.29. The summed E-state index contributed by atoms with van der Waals surface area (Å²) < 4.78 is 70.5. The van der Waals surface area contributed by atoms with Crippen LogP contribution in [0.1, 0.15) is 72.9 Å². The standard InChI is InChI=1S/C30H32F4N4O5.ClH/c1-15(35)27-26(38-29(43-27)18-6-9-23(42-30(33)34)24(11-18)41-14-17-4-5-17)28(40)37-22(13-36-25(39)10-16-2-3-16)20-8-7-19(31)12-21(20)32;/h6-9,11-12,15-17,22,30H,2-5,10,13-14,35H2,1H3,(H,36,39)(H,37,40);1H/t15-,22+;/m0./s1. The number of benzene rings is 2. The molecule has 3 aromatic rings. The Bertz CT molecular complexity index is 1480. The van der Waals surface area contributed by atoms with Gasteiger partial charge < -0.3 is 30.3 Å². The molecule has 0 bridgehead atoms. The van der Waals surface area contributed by atoms with E-state index < -0.39 is 36.2 Å². The van der Waals surface area contributed by atoms with Gasteiger partial charge in [0.15, 0.2) is 23.0 Å². The molecule has 14 heteroatoms. The lowest BCUT2D eigenvalue weighted by atomic mass is 10.0. The highest BCUT2D eigenvalue weighted by atomic mass is 35.5. The maximum absolute atomic E-state index is 14.8. The van der Waals surface area contributed by atoms with E-state index in [1.807, 2.05) is 0 Å². The number of carbonyl (C=O) groups excluding carboxylic acids is 2. The first-order valence-electron chi connectivity index (χ1n) is 14.1. The first-order valence-corrected chi connectivity index (χ1v) is 14.1. The molecule has 0 saturated heterocycles. The zero-order chi connectivity index (χ0) is 30.7. The third kappa shape index (κ3) is 8.63. The van der Waals surface area contributed by atoms with E-state index in [4.69, 9.17) is 14.9 Å². The van der Waals surface area contributed by atoms with Crippen LogP contribution in [-0.4, -0.2) is 36.6 Å². The van der Waals surface area contributed by atoms with Crippen molar-refractivity contribution in [3.8, 4) is 23.0 Å². The molecule has 4 N–H and O–H groups in total.